The molecule has 0 spiro atoms. The van der Waals surface area contributed by atoms with E-state index in [1.165, 1.54) is 50.6 Å². The summed E-state index contributed by atoms with van der Waals surface area (Å²) in [6.45, 7) is 13.6. The van der Waals surface area contributed by atoms with E-state index in [1.807, 2.05) is 0 Å². The van der Waals surface area contributed by atoms with Crippen LogP contribution in [0.3, 0.4) is 0 Å². The average Bonchev–Trinajstić information content (AvgIpc) is 3.24. The van der Waals surface area contributed by atoms with Crippen molar-refractivity contribution in [1.29, 1.82) is 5.26 Å². The Balaban J connectivity index is 1.08. The van der Waals surface area contributed by atoms with Gasteiger partial charge in [-0.1, -0.05) is 13.2 Å². The van der Waals surface area contributed by atoms with Gasteiger partial charge >= 0.3 is 0 Å². The number of hydrogen-bond acceptors (Lipinski definition) is 5. The predicted molar refractivity (Wildman–Crippen MR) is 127 cm³/mol. The molecule has 0 radical (unpaired) electrons. The van der Waals surface area contributed by atoms with Crippen LogP contribution in [0.25, 0.3) is 0 Å². The van der Waals surface area contributed by atoms with E-state index in [4.69, 9.17) is 0 Å². The van der Waals surface area contributed by atoms with Gasteiger partial charge in [0.2, 0.25) is 0 Å². The van der Waals surface area contributed by atoms with E-state index in [0.29, 0.717) is 17.9 Å². The normalized spacial score (nSPS) is 39.0. The zero-order valence-corrected chi connectivity index (χ0v) is 19.8. The molecular weight excluding hydrogens is 396 g/mol. The van der Waals surface area contributed by atoms with Crippen molar-refractivity contribution in [1.82, 2.24) is 15.1 Å². The van der Waals surface area contributed by atoms with Crippen LogP contribution < -0.4 is 5.32 Å². The van der Waals surface area contributed by atoms with Crippen LogP contribution in [-0.2, 0) is 0 Å². The first kappa shape index (κ1) is 22.3. The minimum atomic E-state index is -0.626. The SMILES string of the molecule is C=C(C1CCC(C2CCC3NCC(C#N)C3C2)CC1)N1CCN(C(=C)C2(O)CCC2)CC1. The summed E-state index contributed by atoms with van der Waals surface area (Å²) in [7, 11) is 0. The van der Waals surface area contributed by atoms with Crippen LogP contribution in [0.5, 0.6) is 0 Å². The first-order chi connectivity index (χ1) is 15.5. The quantitative estimate of drug-likeness (QED) is 0.682. The molecule has 2 saturated heterocycles. The van der Waals surface area contributed by atoms with E-state index in [2.05, 4.69) is 34.3 Å². The van der Waals surface area contributed by atoms with Crippen molar-refractivity contribution in [2.24, 2.45) is 29.6 Å². The van der Waals surface area contributed by atoms with Crippen LogP contribution in [0.15, 0.2) is 24.6 Å². The van der Waals surface area contributed by atoms with Gasteiger partial charge in [0.25, 0.3) is 0 Å². The first-order valence-corrected chi connectivity index (χ1v) is 13.2. The van der Waals surface area contributed by atoms with Gasteiger partial charge in [0.1, 0.15) is 5.60 Å². The number of rotatable bonds is 5. The Bertz CT molecular complexity index is 752. The van der Waals surface area contributed by atoms with Gasteiger partial charge in [-0.3, -0.25) is 0 Å². The Labute approximate surface area is 194 Å². The summed E-state index contributed by atoms with van der Waals surface area (Å²) < 4.78 is 0. The van der Waals surface area contributed by atoms with Crippen molar-refractivity contribution in [2.75, 3.05) is 32.7 Å². The van der Waals surface area contributed by atoms with Gasteiger partial charge in [-0.05, 0) is 87.9 Å². The maximum atomic E-state index is 10.6. The largest absolute Gasteiger partial charge is 0.384 e. The Morgan fingerprint density at radius 1 is 0.938 bits per heavy atom. The number of nitrogens with zero attached hydrogens (tertiary/aromatic N) is 3. The van der Waals surface area contributed by atoms with Crippen LogP contribution in [0, 0.1) is 40.9 Å². The number of allylic oxidation sites excluding steroid dienone is 1. The van der Waals surface area contributed by atoms with Crippen LogP contribution in [0.4, 0.5) is 0 Å². The van der Waals surface area contributed by atoms with Crippen molar-refractivity contribution in [2.45, 2.75) is 75.9 Å². The molecule has 0 bridgehead atoms. The summed E-state index contributed by atoms with van der Waals surface area (Å²) in [5.74, 6) is 3.14. The number of fused-ring (bicyclic) bond motifs is 1. The van der Waals surface area contributed by atoms with E-state index < -0.39 is 5.60 Å². The molecule has 5 aliphatic rings. The maximum Gasteiger partial charge on any atom is 0.104 e. The van der Waals surface area contributed by atoms with Crippen LogP contribution in [-0.4, -0.2) is 59.3 Å². The van der Waals surface area contributed by atoms with E-state index in [-0.39, 0.29) is 5.92 Å². The third-order valence-electron chi connectivity index (χ3n) is 9.92. The Hall–Kier alpha value is -1.51. The van der Waals surface area contributed by atoms with Crippen LogP contribution in [0.2, 0.25) is 0 Å². The number of hydrogen-bond donors (Lipinski definition) is 2. The van der Waals surface area contributed by atoms with E-state index >= 15 is 0 Å². The second-order valence-electron chi connectivity index (χ2n) is 11.4. The Morgan fingerprint density at radius 3 is 2.22 bits per heavy atom. The molecule has 32 heavy (non-hydrogen) atoms. The fourth-order valence-electron chi connectivity index (χ4n) is 7.48. The zero-order chi connectivity index (χ0) is 22.3. The minimum absolute atomic E-state index is 0.235. The molecule has 5 heteroatoms. The van der Waals surface area contributed by atoms with Gasteiger partial charge in [0.15, 0.2) is 0 Å². The molecule has 3 saturated carbocycles. The number of nitrogens with one attached hydrogen (secondary N) is 1. The third-order valence-corrected chi connectivity index (χ3v) is 9.92. The van der Waals surface area contributed by atoms with Gasteiger partial charge in [-0.25, -0.2) is 0 Å². The molecule has 5 fully saturated rings. The van der Waals surface area contributed by atoms with E-state index in [9.17, 15) is 10.4 Å². The molecule has 176 valence electrons. The molecule has 0 aromatic carbocycles. The number of nitriles is 1. The molecule has 2 aliphatic heterocycles. The molecule has 5 nitrogen and oxygen atoms in total. The molecule has 0 amide bonds. The molecular formula is C27H42N4O. The van der Waals surface area contributed by atoms with E-state index in [0.717, 1.165) is 69.5 Å². The standard InChI is InChI=1S/C27H42N4O/c1-19(30-12-14-31(15-13-30)20(2)27(32)10-3-11-27)21-4-6-22(7-5-21)23-8-9-26-25(16-23)24(17-28)18-29-26/h21-26,29,32H,1-16,18H2. The molecule has 0 aromatic rings. The lowest BCUT2D eigenvalue weighted by molar-refractivity contribution is -0.0264. The molecule has 2 N–H and O–H groups in total. The molecule has 4 unspecified atom stereocenters. The lowest BCUT2D eigenvalue weighted by atomic mass is 9.66. The van der Waals surface area contributed by atoms with E-state index in [1.54, 1.807) is 0 Å². The summed E-state index contributed by atoms with van der Waals surface area (Å²) >= 11 is 0. The summed E-state index contributed by atoms with van der Waals surface area (Å²) in [6.07, 6.45) is 12.0. The van der Waals surface area contributed by atoms with Crippen molar-refractivity contribution < 1.29 is 5.11 Å². The molecule has 4 atom stereocenters. The second kappa shape index (κ2) is 9.03. The third kappa shape index (κ3) is 4.10. The van der Waals surface area contributed by atoms with Crippen molar-refractivity contribution >= 4 is 0 Å². The fourth-order valence-corrected chi connectivity index (χ4v) is 7.48. The monoisotopic (exact) mass is 438 g/mol. The van der Waals surface area contributed by atoms with Gasteiger partial charge < -0.3 is 20.2 Å². The predicted octanol–water partition coefficient (Wildman–Crippen LogP) is 3.88. The highest BCUT2D eigenvalue weighted by Crippen LogP contribution is 2.46. The average molecular weight is 439 g/mol. The Morgan fingerprint density at radius 2 is 1.59 bits per heavy atom. The lowest BCUT2D eigenvalue weighted by Crippen LogP contribution is -2.52. The highest BCUT2D eigenvalue weighted by Gasteiger charge is 2.43. The van der Waals surface area contributed by atoms with Crippen LogP contribution >= 0.6 is 0 Å². The number of piperazine rings is 1. The summed E-state index contributed by atoms with van der Waals surface area (Å²) in [4.78, 5) is 4.81. The summed E-state index contributed by atoms with van der Waals surface area (Å²) in [6, 6.07) is 3.17. The first-order valence-electron chi connectivity index (χ1n) is 13.2. The molecule has 3 aliphatic carbocycles. The summed E-state index contributed by atoms with van der Waals surface area (Å²) in [5.41, 5.74) is 1.67. The second-order valence-corrected chi connectivity index (χ2v) is 11.4. The molecule has 5 rings (SSSR count). The zero-order valence-electron chi connectivity index (χ0n) is 19.8. The number of aliphatic hydroxyl groups is 1. The smallest absolute Gasteiger partial charge is 0.104 e. The highest BCUT2D eigenvalue weighted by atomic mass is 16.3. The van der Waals surface area contributed by atoms with Gasteiger partial charge in [0.05, 0.1) is 12.0 Å². The van der Waals surface area contributed by atoms with Gasteiger partial charge in [-0.15, -0.1) is 0 Å². The lowest BCUT2D eigenvalue weighted by Gasteiger charge is -2.47. The fraction of sp³-hybridized carbons (Fsp3) is 0.815. The highest BCUT2D eigenvalue weighted by molar-refractivity contribution is 5.17. The molecule has 0 aromatic heterocycles. The topological polar surface area (TPSA) is 62.5 Å². The molecule has 2 heterocycles. The van der Waals surface area contributed by atoms with Gasteiger partial charge in [0, 0.05) is 50.2 Å². The van der Waals surface area contributed by atoms with Crippen LogP contribution in [0.1, 0.15) is 64.2 Å². The van der Waals surface area contributed by atoms with Crippen molar-refractivity contribution in [3.8, 4) is 6.07 Å². The van der Waals surface area contributed by atoms with Crippen molar-refractivity contribution in [3.63, 3.8) is 0 Å². The van der Waals surface area contributed by atoms with Gasteiger partial charge in [-0.2, -0.15) is 5.26 Å². The minimum Gasteiger partial charge on any atom is -0.384 e. The van der Waals surface area contributed by atoms with Crippen molar-refractivity contribution in [3.05, 3.63) is 24.6 Å². The maximum absolute atomic E-state index is 10.6. The Kier molecular flexibility index (Phi) is 6.29. The summed E-state index contributed by atoms with van der Waals surface area (Å²) in [5, 5.41) is 23.7.